The molecular formula is C17H22N2O4. The van der Waals surface area contributed by atoms with E-state index in [9.17, 15) is 4.79 Å². The number of aromatic nitrogens is 2. The van der Waals surface area contributed by atoms with Gasteiger partial charge in [-0.1, -0.05) is 13.3 Å². The Morgan fingerprint density at radius 2 is 2.04 bits per heavy atom. The molecule has 23 heavy (non-hydrogen) atoms. The standard InChI is InChI=1S/C17H22N2O4/c1-2-3-6-16-18-12-9-14-15(23-11-22-14)10-13(12)19(16)8-5-4-7-17(20)21/h9-10H,2-8,11H2,1H3,(H,20,21). The number of fused-ring (bicyclic) bond motifs is 2. The minimum atomic E-state index is -0.741. The highest BCUT2D eigenvalue weighted by atomic mass is 16.7. The van der Waals surface area contributed by atoms with Crippen LogP contribution in [0.2, 0.25) is 0 Å². The number of carbonyl (C=O) groups is 1. The SMILES string of the molecule is CCCCc1nc2cc3c(cc2n1CCCCC(=O)O)OCO3. The van der Waals surface area contributed by atoms with Crippen LogP contribution in [0, 0.1) is 0 Å². The molecule has 1 aromatic heterocycles. The number of carboxylic acid groups (broad SMARTS) is 1. The Morgan fingerprint density at radius 1 is 1.26 bits per heavy atom. The molecule has 0 radical (unpaired) electrons. The summed E-state index contributed by atoms with van der Waals surface area (Å²) in [6.45, 7) is 3.20. The molecule has 1 aliphatic heterocycles. The van der Waals surface area contributed by atoms with Crippen molar-refractivity contribution < 1.29 is 19.4 Å². The van der Waals surface area contributed by atoms with Crippen molar-refractivity contribution in [3.05, 3.63) is 18.0 Å². The molecule has 6 heteroatoms. The van der Waals surface area contributed by atoms with Crippen LogP contribution in [-0.2, 0) is 17.8 Å². The van der Waals surface area contributed by atoms with E-state index in [0.29, 0.717) is 6.42 Å². The summed E-state index contributed by atoms with van der Waals surface area (Å²) >= 11 is 0. The molecule has 0 atom stereocenters. The van der Waals surface area contributed by atoms with Crippen LogP contribution >= 0.6 is 0 Å². The zero-order valence-corrected chi connectivity index (χ0v) is 13.4. The minimum Gasteiger partial charge on any atom is -0.481 e. The van der Waals surface area contributed by atoms with Gasteiger partial charge in [-0.25, -0.2) is 4.98 Å². The van der Waals surface area contributed by atoms with E-state index in [1.165, 1.54) is 0 Å². The number of aliphatic carboxylic acids is 1. The van der Waals surface area contributed by atoms with Crippen molar-refractivity contribution in [3.8, 4) is 11.5 Å². The number of imidazole rings is 1. The van der Waals surface area contributed by atoms with Crippen LogP contribution in [0.4, 0.5) is 0 Å². The lowest BCUT2D eigenvalue weighted by atomic mass is 10.2. The second-order valence-electron chi connectivity index (χ2n) is 5.83. The first-order valence-corrected chi connectivity index (χ1v) is 8.19. The molecule has 0 saturated heterocycles. The maximum absolute atomic E-state index is 10.7. The van der Waals surface area contributed by atoms with E-state index in [1.807, 2.05) is 12.1 Å². The highest BCUT2D eigenvalue weighted by molar-refractivity contribution is 5.81. The van der Waals surface area contributed by atoms with E-state index >= 15 is 0 Å². The number of hydrogen-bond acceptors (Lipinski definition) is 4. The van der Waals surface area contributed by atoms with E-state index in [0.717, 1.165) is 60.6 Å². The summed E-state index contributed by atoms with van der Waals surface area (Å²) in [6, 6.07) is 3.91. The molecule has 0 unspecified atom stereocenters. The van der Waals surface area contributed by atoms with Gasteiger partial charge >= 0.3 is 5.97 Å². The third kappa shape index (κ3) is 3.41. The fourth-order valence-electron chi connectivity index (χ4n) is 2.89. The maximum atomic E-state index is 10.7. The second-order valence-corrected chi connectivity index (χ2v) is 5.83. The van der Waals surface area contributed by atoms with Gasteiger partial charge in [0.15, 0.2) is 11.5 Å². The molecule has 1 aliphatic rings. The molecule has 3 rings (SSSR count). The number of aryl methyl sites for hydroxylation is 2. The molecule has 1 aromatic carbocycles. The van der Waals surface area contributed by atoms with Crippen molar-refractivity contribution in [3.63, 3.8) is 0 Å². The van der Waals surface area contributed by atoms with Crippen molar-refractivity contribution in [1.82, 2.24) is 9.55 Å². The number of ether oxygens (including phenoxy) is 2. The quantitative estimate of drug-likeness (QED) is 0.755. The summed E-state index contributed by atoms with van der Waals surface area (Å²) in [5.74, 6) is 1.82. The lowest BCUT2D eigenvalue weighted by molar-refractivity contribution is -0.137. The number of nitrogens with zero attached hydrogens (tertiary/aromatic N) is 2. The van der Waals surface area contributed by atoms with Gasteiger partial charge in [-0.15, -0.1) is 0 Å². The van der Waals surface area contributed by atoms with Gasteiger partial charge in [0.2, 0.25) is 6.79 Å². The highest BCUT2D eigenvalue weighted by Gasteiger charge is 2.19. The molecule has 0 aliphatic carbocycles. The first kappa shape index (κ1) is 15.6. The predicted octanol–water partition coefficient (Wildman–Crippen LogP) is 3.36. The Morgan fingerprint density at radius 3 is 2.78 bits per heavy atom. The Labute approximate surface area is 135 Å². The first-order valence-electron chi connectivity index (χ1n) is 8.19. The third-order valence-corrected chi connectivity index (χ3v) is 4.10. The third-order valence-electron chi connectivity index (χ3n) is 4.10. The van der Waals surface area contributed by atoms with E-state index in [2.05, 4.69) is 11.5 Å². The fourth-order valence-corrected chi connectivity index (χ4v) is 2.89. The molecular weight excluding hydrogens is 296 g/mol. The number of unbranched alkanes of at least 4 members (excludes halogenated alkanes) is 2. The first-order chi connectivity index (χ1) is 11.2. The molecule has 2 heterocycles. The van der Waals surface area contributed by atoms with Crippen LogP contribution in [0.25, 0.3) is 11.0 Å². The van der Waals surface area contributed by atoms with Crippen molar-refractivity contribution >= 4 is 17.0 Å². The minimum absolute atomic E-state index is 0.212. The van der Waals surface area contributed by atoms with E-state index in [-0.39, 0.29) is 13.2 Å². The summed E-state index contributed by atoms with van der Waals surface area (Å²) in [4.78, 5) is 15.4. The largest absolute Gasteiger partial charge is 0.481 e. The van der Waals surface area contributed by atoms with E-state index < -0.39 is 5.97 Å². The normalized spacial score (nSPS) is 12.9. The smallest absolute Gasteiger partial charge is 0.303 e. The molecule has 0 fully saturated rings. The summed E-state index contributed by atoms with van der Waals surface area (Å²) in [5.41, 5.74) is 1.95. The predicted molar refractivity (Wildman–Crippen MR) is 86.0 cm³/mol. The zero-order valence-electron chi connectivity index (χ0n) is 13.4. The van der Waals surface area contributed by atoms with Gasteiger partial charge < -0.3 is 19.1 Å². The number of benzene rings is 1. The summed E-state index contributed by atoms with van der Waals surface area (Å²) in [7, 11) is 0. The Balaban J connectivity index is 1.86. The van der Waals surface area contributed by atoms with E-state index in [4.69, 9.17) is 19.6 Å². The van der Waals surface area contributed by atoms with Crippen molar-refractivity contribution in [2.24, 2.45) is 0 Å². The maximum Gasteiger partial charge on any atom is 0.303 e. The van der Waals surface area contributed by atoms with Crippen LogP contribution in [0.15, 0.2) is 12.1 Å². The van der Waals surface area contributed by atoms with E-state index in [1.54, 1.807) is 0 Å². The molecule has 0 bridgehead atoms. The summed E-state index contributed by atoms with van der Waals surface area (Å²) < 4.78 is 13.1. The van der Waals surface area contributed by atoms with Crippen molar-refractivity contribution in [2.75, 3.05) is 6.79 Å². The molecule has 0 amide bonds. The van der Waals surface area contributed by atoms with Gasteiger partial charge in [-0.3, -0.25) is 4.79 Å². The van der Waals surface area contributed by atoms with Crippen LogP contribution in [-0.4, -0.2) is 27.4 Å². The lowest BCUT2D eigenvalue weighted by Gasteiger charge is -2.09. The van der Waals surface area contributed by atoms with Gasteiger partial charge in [0, 0.05) is 31.5 Å². The Hall–Kier alpha value is -2.24. The number of carboxylic acids is 1. The Kier molecular flexibility index (Phi) is 4.69. The molecule has 0 saturated carbocycles. The van der Waals surface area contributed by atoms with Gasteiger partial charge in [-0.2, -0.15) is 0 Å². The van der Waals surface area contributed by atoms with Gasteiger partial charge in [0.25, 0.3) is 0 Å². The topological polar surface area (TPSA) is 73.6 Å². The second kappa shape index (κ2) is 6.89. The highest BCUT2D eigenvalue weighted by Crippen LogP contribution is 2.36. The Bertz CT molecular complexity index is 708. The summed E-state index contributed by atoms with van der Waals surface area (Å²) in [6.07, 6.45) is 4.84. The van der Waals surface area contributed by atoms with Gasteiger partial charge in [-0.05, 0) is 19.3 Å². The monoisotopic (exact) mass is 318 g/mol. The van der Waals surface area contributed by atoms with Crippen LogP contribution in [0.5, 0.6) is 11.5 Å². The van der Waals surface area contributed by atoms with Gasteiger partial charge in [0.1, 0.15) is 5.82 Å². The number of rotatable bonds is 8. The molecule has 6 nitrogen and oxygen atoms in total. The zero-order chi connectivity index (χ0) is 16.2. The van der Waals surface area contributed by atoms with Gasteiger partial charge in [0.05, 0.1) is 11.0 Å². The van der Waals surface area contributed by atoms with Crippen LogP contribution in [0.3, 0.4) is 0 Å². The average Bonchev–Trinajstić information content (AvgIpc) is 3.10. The fraction of sp³-hybridized carbons (Fsp3) is 0.529. The number of hydrogen-bond donors (Lipinski definition) is 1. The van der Waals surface area contributed by atoms with Crippen LogP contribution in [0.1, 0.15) is 44.9 Å². The summed E-state index contributed by atoms with van der Waals surface area (Å²) in [5, 5.41) is 8.77. The molecule has 2 aromatic rings. The van der Waals surface area contributed by atoms with Crippen molar-refractivity contribution in [2.45, 2.75) is 52.0 Å². The molecule has 124 valence electrons. The van der Waals surface area contributed by atoms with Crippen molar-refractivity contribution in [1.29, 1.82) is 0 Å². The van der Waals surface area contributed by atoms with Crippen LogP contribution < -0.4 is 9.47 Å². The lowest BCUT2D eigenvalue weighted by Crippen LogP contribution is -2.05. The molecule has 1 N–H and O–H groups in total. The average molecular weight is 318 g/mol. The molecule has 0 spiro atoms.